The number of nitrogens with zero attached hydrogens (tertiary/aromatic N) is 1. The molecular weight excluding hydrogens is 479 g/mol. The minimum absolute atomic E-state index is 0.0498. The summed E-state index contributed by atoms with van der Waals surface area (Å²) in [7, 11) is 0. The van der Waals surface area contributed by atoms with Crippen molar-refractivity contribution in [2.24, 2.45) is 4.99 Å². The van der Waals surface area contributed by atoms with E-state index in [0.717, 1.165) is 12.3 Å². The minimum atomic E-state index is -4.43. The summed E-state index contributed by atoms with van der Waals surface area (Å²) in [5.41, 5.74) is -0.238. The number of carboxylic acids is 4. The molecule has 0 radical (unpaired) electrons. The smallest absolute Gasteiger partial charge is 0.417 e. The number of hydrogen-bond acceptors (Lipinski definition) is 6. The first-order chi connectivity index (χ1) is 16.3. The Morgan fingerprint density at radius 1 is 0.743 bits per heavy atom. The van der Waals surface area contributed by atoms with Crippen molar-refractivity contribution in [2.75, 3.05) is 0 Å². The predicted molar refractivity (Wildman–Crippen MR) is 112 cm³/mol. The first kappa shape index (κ1) is 28.1. The zero-order valence-electron chi connectivity index (χ0n) is 17.3. The van der Waals surface area contributed by atoms with Gasteiger partial charge in [0, 0.05) is 29.5 Å². The van der Waals surface area contributed by atoms with E-state index in [1.165, 1.54) is 12.1 Å². The summed E-state index contributed by atoms with van der Waals surface area (Å²) in [6.07, 6.45) is -1.10. The first-order valence-corrected chi connectivity index (χ1v) is 9.10. The Labute approximate surface area is 193 Å². The van der Waals surface area contributed by atoms with Crippen molar-refractivity contribution in [2.45, 2.75) is 6.18 Å². The maximum absolute atomic E-state index is 12.9. The highest BCUT2D eigenvalue weighted by molar-refractivity contribution is 5.90. The number of rotatable bonds is 4. The Bertz CT molecular complexity index is 1220. The highest BCUT2D eigenvalue weighted by Gasteiger charge is 2.32. The van der Waals surface area contributed by atoms with Crippen LogP contribution in [0.1, 0.15) is 5.56 Å². The van der Waals surface area contributed by atoms with E-state index >= 15 is 0 Å². The van der Waals surface area contributed by atoms with Crippen LogP contribution in [0.5, 0.6) is 5.75 Å². The van der Waals surface area contributed by atoms with E-state index in [1.54, 1.807) is 24.3 Å². The van der Waals surface area contributed by atoms with Crippen LogP contribution in [-0.2, 0) is 25.4 Å². The molecule has 0 saturated heterocycles. The minimum Gasteiger partial charge on any atom is -0.478 e. The molecule has 0 aliphatic carbocycles. The van der Waals surface area contributed by atoms with Crippen LogP contribution in [0.25, 0.3) is 6.26 Å². The summed E-state index contributed by atoms with van der Waals surface area (Å²) in [6, 6.07) is 10.7. The Kier molecular flexibility index (Phi) is 10.4. The number of alkyl halides is 3. The van der Waals surface area contributed by atoms with Gasteiger partial charge in [-0.3, -0.25) is 0 Å². The van der Waals surface area contributed by atoms with E-state index in [2.05, 4.69) is 4.99 Å². The fourth-order valence-corrected chi connectivity index (χ4v) is 2.21. The molecule has 2 aromatic rings. The number of carbonyl (C=O) groups is 4. The van der Waals surface area contributed by atoms with Crippen LogP contribution >= 0.6 is 0 Å². The van der Waals surface area contributed by atoms with Crippen LogP contribution in [0.2, 0.25) is 0 Å². The second-order valence-electron chi connectivity index (χ2n) is 6.07. The first-order valence-electron chi connectivity index (χ1n) is 9.10. The number of para-hydroxylation sites is 2. The van der Waals surface area contributed by atoms with Gasteiger partial charge in [-0.2, -0.15) is 13.2 Å². The quantitative estimate of drug-likeness (QED) is 0.464. The van der Waals surface area contributed by atoms with Crippen LogP contribution in [0.4, 0.5) is 18.9 Å². The third-order valence-electron chi connectivity index (χ3n) is 3.54. The Balaban J connectivity index is 0.000000320. The topological polar surface area (TPSA) is 171 Å². The Morgan fingerprint density at radius 2 is 1.23 bits per heavy atom. The second-order valence-corrected chi connectivity index (χ2v) is 6.07. The summed E-state index contributed by atoms with van der Waals surface area (Å²) in [5.74, 6) is -4.59. The number of aliphatic carboxylic acids is 4. The van der Waals surface area contributed by atoms with Gasteiger partial charge in [0.2, 0.25) is 0 Å². The van der Waals surface area contributed by atoms with E-state index in [0.29, 0.717) is 35.7 Å². The second kappa shape index (κ2) is 12.9. The molecule has 1 aliphatic rings. The lowest BCUT2D eigenvalue weighted by Gasteiger charge is -2.06. The van der Waals surface area contributed by atoms with Crippen molar-refractivity contribution in [3.8, 4) is 5.75 Å². The SMILES string of the molecule is FC(F)(F)c1cccc2c1=COc1ccccc1N=2.O=C(O)C=CC(=O)O.O=C(O)C=CC(=O)O. The number of carboxylic acid groups (broad SMARTS) is 4. The fourth-order valence-electron chi connectivity index (χ4n) is 2.21. The van der Waals surface area contributed by atoms with Crippen molar-refractivity contribution in [1.82, 2.24) is 0 Å². The van der Waals surface area contributed by atoms with Gasteiger partial charge in [0.1, 0.15) is 11.9 Å². The van der Waals surface area contributed by atoms with Gasteiger partial charge in [0.25, 0.3) is 0 Å². The molecule has 1 aliphatic heterocycles. The molecule has 0 atom stereocenters. The van der Waals surface area contributed by atoms with Gasteiger partial charge < -0.3 is 25.2 Å². The molecule has 184 valence electrons. The molecule has 0 fully saturated rings. The normalized spacial score (nSPS) is 11.5. The molecule has 2 aromatic carbocycles. The lowest BCUT2D eigenvalue weighted by Crippen LogP contribution is -2.32. The Hall–Kier alpha value is -4.94. The lowest BCUT2D eigenvalue weighted by molar-refractivity contribution is -0.138. The van der Waals surface area contributed by atoms with E-state index in [-0.39, 0.29) is 10.6 Å². The van der Waals surface area contributed by atoms with E-state index in [1.807, 2.05) is 0 Å². The van der Waals surface area contributed by atoms with Crippen LogP contribution in [0.15, 0.2) is 71.8 Å². The molecule has 1 heterocycles. The molecule has 0 aromatic heterocycles. The summed E-state index contributed by atoms with van der Waals surface area (Å²) < 4.78 is 44.1. The molecule has 0 amide bonds. The van der Waals surface area contributed by atoms with Crippen LogP contribution in [0, 0.1) is 0 Å². The molecule has 35 heavy (non-hydrogen) atoms. The van der Waals surface area contributed by atoms with Crippen LogP contribution < -0.4 is 15.3 Å². The van der Waals surface area contributed by atoms with Crippen LogP contribution in [-0.4, -0.2) is 44.3 Å². The molecule has 13 heteroatoms. The highest BCUT2D eigenvalue weighted by Crippen LogP contribution is 2.29. The molecule has 3 rings (SSSR count). The molecule has 4 N–H and O–H groups in total. The van der Waals surface area contributed by atoms with Gasteiger partial charge in [-0.25, -0.2) is 24.2 Å². The van der Waals surface area contributed by atoms with Gasteiger partial charge in [0.05, 0.1) is 10.9 Å². The molecule has 0 unspecified atom stereocenters. The van der Waals surface area contributed by atoms with Crippen molar-refractivity contribution in [3.63, 3.8) is 0 Å². The van der Waals surface area contributed by atoms with Gasteiger partial charge in [0.15, 0.2) is 5.75 Å². The van der Waals surface area contributed by atoms with Crippen molar-refractivity contribution < 1.29 is 57.5 Å². The summed E-state index contributed by atoms with van der Waals surface area (Å²) in [5, 5.41) is 31.4. The predicted octanol–water partition coefficient (Wildman–Crippen LogP) is 2.21. The Morgan fingerprint density at radius 3 is 1.69 bits per heavy atom. The molecule has 0 saturated carbocycles. The van der Waals surface area contributed by atoms with Gasteiger partial charge in [-0.1, -0.05) is 18.2 Å². The summed E-state index contributed by atoms with van der Waals surface area (Å²) in [4.78, 5) is 42.4. The largest absolute Gasteiger partial charge is 0.478 e. The molecular formula is C22H16F3NO9. The van der Waals surface area contributed by atoms with Crippen molar-refractivity contribution >= 4 is 35.8 Å². The summed E-state index contributed by atoms with van der Waals surface area (Å²) in [6.45, 7) is 0. The van der Waals surface area contributed by atoms with E-state index in [9.17, 15) is 32.3 Å². The van der Waals surface area contributed by atoms with Crippen molar-refractivity contribution in [3.05, 3.63) is 82.9 Å². The molecule has 0 spiro atoms. The number of hydrogen-bond donors (Lipinski definition) is 4. The summed E-state index contributed by atoms with van der Waals surface area (Å²) >= 11 is 0. The number of benzene rings is 2. The maximum Gasteiger partial charge on any atom is 0.417 e. The number of fused-ring (bicyclic) bond motifs is 2. The zero-order valence-corrected chi connectivity index (χ0v) is 17.3. The average Bonchev–Trinajstić information content (AvgIpc) is 2.95. The number of ether oxygens (including phenoxy) is 1. The van der Waals surface area contributed by atoms with E-state index < -0.39 is 35.6 Å². The average molecular weight is 495 g/mol. The van der Waals surface area contributed by atoms with Gasteiger partial charge in [-0.15, -0.1) is 0 Å². The third kappa shape index (κ3) is 10.5. The number of halogens is 3. The maximum atomic E-state index is 12.9. The fraction of sp³-hybridized carbons (Fsp3) is 0.0455. The van der Waals surface area contributed by atoms with Crippen LogP contribution in [0.3, 0.4) is 0 Å². The third-order valence-corrected chi connectivity index (χ3v) is 3.54. The highest BCUT2D eigenvalue weighted by atomic mass is 19.4. The molecule has 10 nitrogen and oxygen atoms in total. The molecule has 0 bridgehead atoms. The monoisotopic (exact) mass is 495 g/mol. The van der Waals surface area contributed by atoms with E-state index in [4.69, 9.17) is 25.2 Å². The van der Waals surface area contributed by atoms with Gasteiger partial charge >= 0.3 is 30.1 Å². The lowest BCUT2D eigenvalue weighted by atomic mass is 10.1. The van der Waals surface area contributed by atoms with Crippen molar-refractivity contribution in [1.29, 1.82) is 0 Å². The zero-order chi connectivity index (χ0) is 26.6. The van der Waals surface area contributed by atoms with Gasteiger partial charge in [-0.05, 0) is 24.3 Å². The standard InChI is InChI=1S/C14H8F3NO.2C4H4O4/c15-14(16,17)10-4-3-6-11-9(10)8-19-13-7-2-1-5-12(13)18-11;2*5-3(6)1-2-4(7)8/h1-8H;2*1-2H,(H,5,6)(H,7,8).